The summed E-state index contributed by atoms with van der Waals surface area (Å²) in [5.41, 5.74) is 0.914. The van der Waals surface area contributed by atoms with Crippen molar-refractivity contribution in [2.24, 2.45) is 0 Å². The molecule has 0 aliphatic rings. The summed E-state index contributed by atoms with van der Waals surface area (Å²) in [6.07, 6.45) is 3.23. The number of rotatable bonds is 7. The Hall–Kier alpha value is -2.59. The third kappa shape index (κ3) is 4.06. The van der Waals surface area contributed by atoms with E-state index in [1.54, 1.807) is 20.3 Å². The lowest BCUT2D eigenvalue weighted by atomic mass is 10.2. The number of carbonyl (C=O) groups excluding carboxylic acids is 1. The number of amides is 1. The third-order valence-corrected chi connectivity index (χ3v) is 5.83. The Kier molecular flexibility index (Phi) is 5.97. The molecule has 27 heavy (non-hydrogen) atoms. The van der Waals surface area contributed by atoms with Crippen LogP contribution in [0.15, 0.2) is 33.7 Å². The number of thiazole rings is 1. The minimum atomic E-state index is -0.308. The zero-order valence-corrected chi connectivity index (χ0v) is 16.6. The first-order valence-corrected chi connectivity index (χ1v) is 9.98. The summed E-state index contributed by atoms with van der Waals surface area (Å²) in [7, 11) is 3.10. The Bertz CT molecular complexity index is 1030. The van der Waals surface area contributed by atoms with Gasteiger partial charge in [-0.1, -0.05) is 23.9 Å². The molecule has 0 bridgehead atoms. The van der Waals surface area contributed by atoms with Gasteiger partial charge in [-0.2, -0.15) is 0 Å². The summed E-state index contributed by atoms with van der Waals surface area (Å²) in [6, 6.07) is 5.43. The molecule has 0 radical (unpaired) electrons. The van der Waals surface area contributed by atoms with Crippen molar-refractivity contribution in [1.82, 2.24) is 19.9 Å². The Morgan fingerprint density at radius 2 is 2.15 bits per heavy atom. The minimum Gasteiger partial charge on any atom is -0.493 e. The molecule has 3 rings (SSSR count). The number of nitrogens with one attached hydrogen (secondary N) is 1. The Balaban J connectivity index is 1.72. The molecule has 2 aromatic heterocycles. The Morgan fingerprint density at radius 3 is 2.85 bits per heavy atom. The molecule has 0 saturated carbocycles. The molecule has 2 heterocycles. The van der Waals surface area contributed by atoms with Gasteiger partial charge in [0.1, 0.15) is 17.6 Å². The normalized spacial score (nSPS) is 10.8. The first-order chi connectivity index (χ1) is 13.1. The van der Waals surface area contributed by atoms with E-state index in [2.05, 4.69) is 15.3 Å². The number of carbonyl (C=O) groups is 1. The van der Waals surface area contributed by atoms with Crippen LogP contribution in [0.25, 0.3) is 10.3 Å². The predicted octanol–water partition coefficient (Wildman–Crippen LogP) is 1.91. The highest BCUT2D eigenvalue weighted by Gasteiger charge is 2.14. The summed E-state index contributed by atoms with van der Waals surface area (Å²) in [5, 5.41) is 2.79. The van der Waals surface area contributed by atoms with E-state index in [0.717, 1.165) is 9.90 Å². The van der Waals surface area contributed by atoms with E-state index >= 15 is 0 Å². The summed E-state index contributed by atoms with van der Waals surface area (Å²) in [6.45, 7) is 0.126. The quantitative estimate of drug-likeness (QED) is 0.599. The number of fused-ring (bicyclic) bond motifs is 1. The number of aromatic nitrogens is 3. The number of hydrogen-bond acceptors (Lipinski definition) is 8. The van der Waals surface area contributed by atoms with Crippen LogP contribution in [0.3, 0.4) is 0 Å². The van der Waals surface area contributed by atoms with Crippen LogP contribution in [0, 0.1) is 0 Å². The molecule has 1 amide bonds. The van der Waals surface area contributed by atoms with Crippen molar-refractivity contribution in [3.8, 4) is 11.5 Å². The van der Waals surface area contributed by atoms with E-state index in [1.807, 2.05) is 18.4 Å². The molecule has 0 aliphatic carbocycles. The average Bonchev–Trinajstić information content (AvgIpc) is 3.12. The second-order valence-corrected chi connectivity index (χ2v) is 7.50. The second kappa shape index (κ2) is 8.40. The van der Waals surface area contributed by atoms with Crippen molar-refractivity contribution in [2.75, 3.05) is 20.5 Å². The monoisotopic (exact) mass is 406 g/mol. The van der Waals surface area contributed by atoms with E-state index in [1.165, 1.54) is 34.0 Å². The SMILES string of the molecule is COc1cccc(CNC(=O)Cn2cnc3nc(SC)sc3c2=O)c1OC. The van der Waals surface area contributed by atoms with Crippen molar-refractivity contribution >= 4 is 39.4 Å². The van der Waals surface area contributed by atoms with Gasteiger partial charge in [-0.3, -0.25) is 14.2 Å². The van der Waals surface area contributed by atoms with Gasteiger partial charge in [0.15, 0.2) is 21.5 Å². The Labute approximate surface area is 163 Å². The van der Waals surface area contributed by atoms with E-state index in [0.29, 0.717) is 21.8 Å². The third-order valence-electron chi connectivity index (χ3n) is 3.81. The molecule has 1 aromatic carbocycles. The average molecular weight is 406 g/mol. The fourth-order valence-electron chi connectivity index (χ4n) is 2.52. The van der Waals surface area contributed by atoms with Crippen LogP contribution in [0.4, 0.5) is 0 Å². The summed E-state index contributed by atoms with van der Waals surface area (Å²) < 4.78 is 13.1. The van der Waals surface area contributed by atoms with Crippen molar-refractivity contribution in [3.63, 3.8) is 0 Å². The van der Waals surface area contributed by atoms with Crippen LogP contribution in [0.5, 0.6) is 11.5 Å². The highest BCUT2D eigenvalue weighted by atomic mass is 32.2. The molecule has 10 heteroatoms. The maximum atomic E-state index is 12.5. The molecule has 0 saturated heterocycles. The molecule has 0 unspecified atom stereocenters. The molecule has 1 N–H and O–H groups in total. The largest absolute Gasteiger partial charge is 0.493 e. The molecule has 142 valence electrons. The van der Waals surface area contributed by atoms with Crippen LogP contribution in [0.2, 0.25) is 0 Å². The summed E-state index contributed by atoms with van der Waals surface area (Å²) in [4.78, 5) is 33.2. The van der Waals surface area contributed by atoms with Crippen LogP contribution >= 0.6 is 23.1 Å². The number of nitrogens with zero attached hydrogens (tertiary/aromatic N) is 3. The zero-order chi connectivity index (χ0) is 19.4. The lowest BCUT2D eigenvalue weighted by Crippen LogP contribution is -2.32. The minimum absolute atomic E-state index is 0.124. The topological polar surface area (TPSA) is 95.3 Å². The van der Waals surface area contributed by atoms with Crippen molar-refractivity contribution in [1.29, 1.82) is 0 Å². The molecule has 0 atom stereocenters. The number of hydrogen-bond donors (Lipinski definition) is 1. The van der Waals surface area contributed by atoms with Gasteiger partial charge in [0, 0.05) is 12.1 Å². The van der Waals surface area contributed by atoms with Gasteiger partial charge in [0.05, 0.1) is 14.2 Å². The van der Waals surface area contributed by atoms with Gasteiger partial charge in [0.2, 0.25) is 5.91 Å². The van der Waals surface area contributed by atoms with Gasteiger partial charge in [-0.15, -0.1) is 11.3 Å². The number of methoxy groups -OCH3 is 2. The van der Waals surface area contributed by atoms with E-state index < -0.39 is 0 Å². The number of para-hydroxylation sites is 1. The molecular formula is C17H18N4O4S2. The lowest BCUT2D eigenvalue weighted by Gasteiger charge is -2.13. The van der Waals surface area contributed by atoms with E-state index in [-0.39, 0.29) is 24.6 Å². The van der Waals surface area contributed by atoms with E-state index in [4.69, 9.17) is 9.47 Å². The second-order valence-electron chi connectivity index (χ2n) is 5.44. The van der Waals surface area contributed by atoms with Gasteiger partial charge < -0.3 is 14.8 Å². The van der Waals surface area contributed by atoms with Gasteiger partial charge >= 0.3 is 0 Å². The number of benzene rings is 1. The first-order valence-electron chi connectivity index (χ1n) is 7.94. The van der Waals surface area contributed by atoms with Crippen LogP contribution in [-0.2, 0) is 17.9 Å². The zero-order valence-electron chi connectivity index (χ0n) is 15.0. The molecule has 3 aromatic rings. The fourth-order valence-corrected chi connectivity index (χ4v) is 3.99. The van der Waals surface area contributed by atoms with Crippen LogP contribution < -0.4 is 20.3 Å². The standard InChI is InChI=1S/C17H18N4O4S2/c1-24-11-6-4-5-10(13(11)25-2)7-18-12(22)8-21-9-19-15-14(16(21)23)27-17(20-15)26-3/h4-6,9H,7-8H2,1-3H3,(H,18,22). The summed E-state index contributed by atoms with van der Waals surface area (Å²) >= 11 is 2.73. The predicted molar refractivity (Wildman–Crippen MR) is 105 cm³/mol. The maximum absolute atomic E-state index is 12.5. The van der Waals surface area contributed by atoms with Gasteiger partial charge in [-0.05, 0) is 12.3 Å². The van der Waals surface area contributed by atoms with Crippen molar-refractivity contribution in [2.45, 2.75) is 17.4 Å². The van der Waals surface area contributed by atoms with Crippen LogP contribution in [0.1, 0.15) is 5.56 Å². The van der Waals surface area contributed by atoms with Gasteiger partial charge in [-0.25, -0.2) is 9.97 Å². The molecular weight excluding hydrogens is 388 g/mol. The highest BCUT2D eigenvalue weighted by Crippen LogP contribution is 2.30. The maximum Gasteiger partial charge on any atom is 0.273 e. The number of thioether (sulfide) groups is 1. The first kappa shape index (κ1) is 19.2. The van der Waals surface area contributed by atoms with Gasteiger partial charge in [0.25, 0.3) is 5.56 Å². The van der Waals surface area contributed by atoms with Crippen LogP contribution in [-0.4, -0.2) is 40.9 Å². The highest BCUT2D eigenvalue weighted by molar-refractivity contribution is 8.00. The lowest BCUT2D eigenvalue weighted by molar-refractivity contribution is -0.121. The number of ether oxygens (including phenoxy) is 2. The summed E-state index contributed by atoms with van der Waals surface area (Å²) in [5.74, 6) is 0.845. The van der Waals surface area contributed by atoms with Crippen molar-refractivity contribution < 1.29 is 14.3 Å². The van der Waals surface area contributed by atoms with E-state index in [9.17, 15) is 9.59 Å². The molecule has 0 fully saturated rings. The fraction of sp³-hybridized carbons (Fsp3) is 0.294. The molecule has 0 spiro atoms. The molecule has 8 nitrogen and oxygen atoms in total. The Morgan fingerprint density at radius 1 is 1.33 bits per heavy atom. The molecule has 0 aliphatic heterocycles. The van der Waals surface area contributed by atoms with Crippen molar-refractivity contribution in [3.05, 3.63) is 40.4 Å². The smallest absolute Gasteiger partial charge is 0.273 e.